The molecule has 0 aliphatic heterocycles. The zero-order valence-corrected chi connectivity index (χ0v) is 11.6. The van der Waals surface area contributed by atoms with E-state index in [1.807, 2.05) is 6.92 Å². The fraction of sp³-hybridized carbons (Fsp3) is 1.00. The topological polar surface area (TPSA) is 49.5 Å². The van der Waals surface area contributed by atoms with Crippen molar-refractivity contribution in [2.45, 2.75) is 70.4 Å². The first-order valence-electron chi connectivity index (χ1n) is 7.25. The highest BCUT2D eigenvalue weighted by molar-refractivity contribution is 4.77. The van der Waals surface area contributed by atoms with Gasteiger partial charge < -0.3 is 15.7 Å². The van der Waals surface area contributed by atoms with Gasteiger partial charge in [-0.25, -0.2) is 0 Å². The second kappa shape index (κ2) is 7.34. The smallest absolute Gasteiger partial charge is 0.0741 e. The van der Waals surface area contributed by atoms with E-state index >= 15 is 0 Å². The highest BCUT2D eigenvalue weighted by atomic mass is 16.3. The molecule has 1 unspecified atom stereocenters. The van der Waals surface area contributed by atoms with E-state index in [1.165, 1.54) is 38.6 Å². The van der Waals surface area contributed by atoms with E-state index in [9.17, 15) is 5.11 Å². The third kappa shape index (κ3) is 5.36. The van der Waals surface area contributed by atoms with Crippen molar-refractivity contribution < 1.29 is 5.11 Å². The van der Waals surface area contributed by atoms with Gasteiger partial charge in [-0.3, -0.25) is 0 Å². The first-order valence-corrected chi connectivity index (χ1v) is 7.25. The van der Waals surface area contributed by atoms with Crippen molar-refractivity contribution in [1.82, 2.24) is 4.90 Å². The fourth-order valence-electron chi connectivity index (χ4n) is 2.79. The lowest BCUT2D eigenvalue weighted by Crippen LogP contribution is -2.35. The summed E-state index contributed by atoms with van der Waals surface area (Å²) in [4.78, 5) is 2.62. The first kappa shape index (κ1) is 14.9. The largest absolute Gasteiger partial charge is 0.389 e. The number of nitrogens with zero attached hydrogens (tertiary/aromatic N) is 1. The van der Waals surface area contributed by atoms with Crippen LogP contribution < -0.4 is 5.73 Å². The number of unbranched alkanes of at least 4 members (excludes halogenated alkanes) is 1. The van der Waals surface area contributed by atoms with Gasteiger partial charge in [-0.2, -0.15) is 0 Å². The first-order chi connectivity index (χ1) is 8.09. The summed E-state index contributed by atoms with van der Waals surface area (Å²) in [5, 5.41) is 9.82. The Bertz CT molecular complexity index is 200. The maximum atomic E-state index is 9.82. The summed E-state index contributed by atoms with van der Waals surface area (Å²) in [6, 6.07) is 0.829. The van der Waals surface area contributed by atoms with Crippen molar-refractivity contribution in [2.24, 2.45) is 5.73 Å². The van der Waals surface area contributed by atoms with Crippen LogP contribution in [0.15, 0.2) is 0 Å². The Hall–Kier alpha value is -0.120. The number of nitrogens with two attached hydrogens (primary N) is 1. The van der Waals surface area contributed by atoms with Gasteiger partial charge in [-0.05, 0) is 52.1 Å². The Morgan fingerprint density at radius 2 is 1.94 bits per heavy atom. The fourth-order valence-corrected chi connectivity index (χ4v) is 2.79. The minimum absolute atomic E-state index is 0.368. The molecule has 0 saturated heterocycles. The van der Waals surface area contributed by atoms with Crippen LogP contribution in [0.3, 0.4) is 0 Å². The molecule has 3 heteroatoms. The summed E-state index contributed by atoms with van der Waals surface area (Å²) in [6.45, 7) is 6.81. The lowest BCUT2D eigenvalue weighted by molar-refractivity contribution is 0.0559. The SMILES string of the molecule is CCN(CCCCC(C)(O)CN)C1CCCC1. The predicted molar refractivity (Wildman–Crippen MR) is 73.0 cm³/mol. The highest BCUT2D eigenvalue weighted by Crippen LogP contribution is 2.23. The van der Waals surface area contributed by atoms with Crippen molar-refractivity contribution in [2.75, 3.05) is 19.6 Å². The summed E-state index contributed by atoms with van der Waals surface area (Å²) >= 11 is 0. The molecule has 1 saturated carbocycles. The van der Waals surface area contributed by atoms with Crippen molar-refractivity contribution in [3.63, 3.8) is 0 Å². The van der Waals surface area contributed by atoms with Gasteiger partial charge in [0.15, 0.2) is 0 Å². The molecule has 0 aromatic heterocycles. The van der Waals surface area contributed by atoms with E-state index in [0.29, 0.717) is 6.54 Å². The van der Waals surface area contributed by atoms with Crippen LogP contribution in [-0.2, 0) is 0 Å². The summed E-state index contributed by atoms with van der Waals surface area (Å²) in [5.74, 6) is 0. The lowest BCUT2D eigenvalue weighted by atomic mass is 9.99. The summed E-state index contributed by atoms with van der Waals surface area (Å²) in [7, 11) is 0. The average Bonchev–Trinajstić information content (AvgIpc) is 2.83. The predicted octanol–water partition coefficient (Wildman–Crippen LogP) is 2.13. The second-order valence-corrected chi connectivity index (χ2v) is 5.73. The number of hydrogen-bond acceptors (Lipinski definition) is 3. The summed E-state index contributed by atoms with van der Waals surface area (Å²) < 4.78 is 0. The molecule has 0 spiro atoms. The number of hydrogen-bond donors (Lipinski definition) is 2. The van der Waals surface area contributed by atoms with Gasteiger partial charge in [0, 0.05) is 12.6 Å². The molecule has 0 heterocycles. The minimum Gasteiger partial charge on any atom is -0.389 e. The summed E-state index contributed by atoms with van der Waals surface area (Å²) in [6.07, 6.45) is 8.66. The zero-order valence-electron chi connectivity index (χ0n) is 11.6. The molecule has 1 rings (SSSR count). The normalized spacial score (nSPS) is 21.0. The minimum atomic E-state index is -0.662. The van der Waals surface area contributed by atoms with Crippen LogP contribution in [0.4, 0.5) is 0 Å². The van der Waals surface area contributed by atoms with Gasteiger partial charge in [-0.15, -0.1) is 0 Å². The van der Waals surface area contributed by atoms with Gasteiger partial charge >= 0.3 is 0 Å². The van der Waals surface area contributed by atoms with Crippen LogP contribution in [0, 0.1) is 0 Å². The van der Waals surface area contributed by atoms with Gasteiger partial charge in [0.05, 0.1) is 5.60 Å². The maximum absolute atomic E-state index is 9.82. The van der Waals surface area contributed by atoms with Crippen molar-refractivity contribution in [3.8, 4) is 0 Å². The standard InChI is InChI=1S/C14H30N2O/c1-3-16(13-8-4-5-9-13)11-7-6-10-14(2,17)12-15/h13,17H,3-12,15H2,1-2H3. The zero-order chi connectivity index (χ0) is 12.7. The van der Waals surface area contributed by atoms with Crippen molar-refractivity contribution >= 4 is 0 Å². The Labute approximate surface area is 106 Å². The molecular weight excluding hydrogens is 212 g/mol. The van der Waals surface area contributed by atoms with Crippen LogP contribution in [-0.4, -0.2) is 41.3 Å². The highest BCUT2D eigenvalue weighted by Gasteiger charge is 2.21. The molecule has 1 aliphatic carbocycles. The van der Waals surface area contributed by atoms with E-state index < -0.39 is 5.60 Å². The van der Waals surface area contributed by atoms with Gasteiger partial charge in [0.25, 0.3) is 0 Å². The van der Waals surface area contributed by atoms with E-state index in [4.69, 9.17) is 5.73 Å². The molecule has 3 N–H and O–H groups in total. The van der Waals surface area contributed by atoms with Crippen LogP contribution in [0.1, 0.15) is 58.8 Å². The molecule has 1 aliphatic rings. The Balaban J connectivity index is 2.15. The molecule has 0 aromatic carbocycles. The molecule has 1 atom stereocenters. The Kier molecular flexibility index (Phi) is 6.45. The Morgan fingerprint density at radius 1 is 1.29 bits per heavy atom. The van der Waals surface area contributed by atoms with E-state index in [2.05, 4.69) is 11.8 Å². The van der Waals surface area contributed by atoms with E-state index in [1.54, 1.807) is 0 Å². The van der Waals surface area contributed by atoms with Crippen LogP contribution in [0.2, 0.25) is 0 Å². The van der Waals surface area contributed by atoms with Gasteiger partial charge in [0.1, 0.15) is 0 Å². The number of aliphatic hydroxyl groups is 1. The summed E-state index contributed by atoms with van der Waals surface area (Å²) in [5.41, 5.74) is 4.85. The molecule has 0 radical (unpaired) electrons. The van der Waals surface area contributed by atoms with Crippen molar-refractivity contribution in [1.29, 1.82) is 0 Å². The molecule has 1 fully saturated rings. The van der Waals surface area contributed by atoms with Gasteiger partial charge in [-0.1, -0.05) is 19.8 Å². The van der Waals surface area contributed by atoms with E-state index in [-0.39, 0.29) is 0 Å². The average molecular weight is 242 g/mol. The third-order valence-electron chi connectivity index (χ3n) is 4.10. The molecule has 102 valence electrons. The van der Waals surface area contributed by atoms with Crippen LogP contribution >= 0.6 is 0 Å². The third-order valence-corrected chi connectivity index (χ3v) is 4.10. The lowest BCUT2D eigenvalue weighted by Gasteiger charge is -2.28. The maximum Gasteiger partial charge on any atom is 0.0741 e. The quantitative estimate of drug-likeness (QED) is 0.641. The molecular formula is C14H30N2O. The molecule has 0 bridgehead atoms. The van der Waals surface area contributed by atoms with Gasteiger partial charge in [0.2, 0.25) is 0 Å². The van der Waals surface area contributed by atoms with Crippen molar-refractivity contribution in [3.05, 3.63) is 0 Å². The molecule has 17 heavy (non-hydrogen) atoms. The Morgan fingerprint density at radius 3 is 2.47 bits per heavy atom. The van der Waals surface area contributed by atoms with Crippen LogP contribution in [0.5, 0.6) is 0 Å². The monoisotopic (exact) mass is 242 g/mol. The molecule has 0 aromatic rings. The second-order valence-electron chi connectivity index (χ2n) is 5.73. The van der Waals surface area contributed by atoms with E-state index in [0.717, 1.165) is 25.4 Å². The number of rotatable bonds is 8. The molecule has 3 nitrogen and oxygen atoms in total. The van der Waals surface area contributed by atoms with Crippen LogP contribution in [0.25, 0.3) is 0 Å². The molecule has 0 amide bonds.